The zero-order valence-corrected chi connectivity index (χ0v) is 11.5. The van der Waals surface area contributed by atoms with E-state index in [1.807, 2.05) is 11.3 Å². The van der Waals surface area contributed by atoms with Gasteiger partial charge in [0, 0.05) is 0 Å². The van der Waals surface area contributed by atoms with Crippen LogP contribution in [0.15, 0.2) is 24.3 Å². The maximum Gasteiger partial charge on any atom is 0.108 e. The number of hydrogen-bond donors (Lipinski definition) is 0. The van der Waals surface area contributed by atoms with Crippen LogP contribution in [0, 0.1) is 0 Å². The molecule has 17 heavy (non-hydrogen) atoms. The van der Waals surface area contributed by atoms with E-state index in [9.17, 15) is 0 Å². The number of hydrogen-bond acceptors (Lipinski definition) is 3. The lowest BCUT2D eigenvalue weighted by Gasteiger charge is -2.19. The Morgan fingerprint density at radius 2 is 1.82 bits per heavy atom. The number of aromatic nitrogens is 1. The Morgan fingerprint density at radius 3 is 2.47 bits per heavy atom. The summed E-state index contributed by atoms with van der Waals surface area (Å²) in [6, 6.07) is 8.39. The van der Waals surface area contributed by atoms with Gasteiger partial charge in [-0.15, -0.1) is 11.3 Å². The lowest BCUT2D eigenvalue weighted by molar-refractivity contribution is 0.266. The van der Waals surface area contributed by atoms with Crippen molar-refractivity contribution >= 4 is 21.6 Å². The molecule has 0 saturated carbocycles. The Hall–Kier alpha value is -0.930. The summed E-state index contributed by atoms with van der Waals surface area (Å²) in [5, 5.41) is 1.24. The first kappa shape index (κ1) is 12.5. The first-order valence-corrected chi connectivity index (χ1v) is 7.22. The van der Waals surface area contributed by atoms with E-state index in [2.05, 4.69) is 43.0 Å². The monoisotopic (exact) mass is 248 g/mol. The van der Waals surface area contributed by atoms with Gasteiger partial charge in [0.1, 0.15) is 5.01 Å². The van der Waals surface area contributed by atoms with E-state index in [-0.39, 0.29) is 0 Å². The van der Waals surface area contributed by atoms with Gasteiger partial charge >= 0.3 is 0 Å². The number of nitrogens with zero attached hydrogens (tertiary/aromatic N) is 2. The van der Waals surface area contributed by atoms with Crippen molar-refractivity contribution in [1.82, 2.24) is 9.88 Å². The van der Waals surface area contributed by atoms with Crippen LogP contribution in [0.1, 0.15) is 31.7 Å². The van der Waals surface area contributed by atoms with Crippen molar-refractivity contribution in [2.75, 3.05) is 13.1 Å². The molecule has 92 valence electrons. The largest absolute Gasteiger partial charge is 0.297 e. The Kier molecular flexibility index (Phi) is 4.51. The number of fused-ring (bicyclic) bond motifs is 1. The standard InChI is InChI=1S/C14H20N2S/c1-3-9-16(10-4-2)11-14-15-12-7-5-6-8-13(12)17-14/h5-8H,3-4,9-11H2,1-2H3. The molecule has 0 unspecified atom stereocenters. The quantitative estimate of drug-likeness (QED) is 0.770. The molecule has 2 aromatic rings. The second-order valence-electron chi connectivity index (χ2n) is 4.35. The minimum Gasteiger partial charge on any atom is -0.297 e. The van der Waals surface area contributed by atoms with E-state index in [0.717, 1.165) is 12.1 Å². The van der Waals surface area contributed by atoms with Crippen LogP contribution in [-0.4, -0.2) is 23.0 Å². The van der Waals surface area contributed by atoms with Crippen LogP contribution in [0.25, 0.3) is 10.2 Å². The van der Waals surface area contributed by atoms with E-state index in [0.29, 0.717) is 0 Å². The molecule has 0 atom stereocenters. The van der Waals surface area contributed by atoms with Gasteiger partial charge in [-0.2, -0.15) is 0 Å². The first-order chi connectivity index (χ1) is 8.33. The van der Waals surface area contributed by atoms with Gasteiger partial charge in [-0.1, -0.05) is 26.0 Å². The van der Waals surface area contributed by atoms with Crippen molar-refractivity contribution in [2.45, 2.75) is 33.2 Å². The lowest BCUT2D eigenvalue weighted by Crippen LogP contribution is -2.24. The van der Waals surface area contributed by atoms with Crippen LogP contribution >= 0.6 is 11.3 Å². The summed E-state index contributed by atoms with van der Waals surface area (Å²) >= 11 is 1.82. The predicted octanol–water partition coefficient (Wildman–Crippen LogP) is 3.92. The van der Waals surface area contributed by atoms with Crippen LogP contribution in [0.2, 0.25) is 0 Å². The fraction of sp³-hybridized carbons (Fsp3) is 0.500. The van der Waals surface area contributed by atoms with Crippen LogP contribution in [0.4, 0.5) is 0 Å². The molecule has 0 saturated heterocycles. The first-order valence-electron chi connectivity index (χ1n) is 6.40. The molecular weight excluding hydrogens is 228 g/mol. The highest BCUT2D eigenvalue weighted by Crippen LogP contribution is 2.22. The Bertz CT molecular complexity index is 425. The highest BCUT2D eigenvalue weighted by atomic mass is 32.1. The number of para-hydroxylation sites is 1. The van der Waals surface area contributed by atoms with Crippen molar-refractivity contribution < 1.29 is 0 Å². The summed E-state index contributed by atoms with van der Waals surface area (Å²) in [4.78, 5) is 7.19. The molecule has 0 aliphatic rings. The second kappa shape index (κ2) is 6.12. The zero-order chi connectivity index (χ0) is 12.1. The third-order valence-corrected chi connectivity index (χ3v) is 3.80. The maximum absolute atomic E-state index is 4.69. The molecule has 0 radical (unpaired) electrons. The molecule has 3 heteroatoms. The average Bonchev–Trinajstić information content (AvgIpc) is 2.71. The van der Waals surface area contributed by atoms with Crippen LogP contribution < -0.4 is 0 Å². The smallest absolute Gasteiger partial charge is 0.108 e. The van der Waals surface area contributed by atoms with Gasteiger partial charge in [0.25, 0.3) is 0 Å². The molecule has 2 nitrogen and oxygen atoms in total. The van der Waals surface area contributed by atoms with Gasteiger partial charge < -0.3 is 0 Å². The van der Waals surface area contributed by atoms with Crippen molar-refractivity contribution in [3.8, 4) is 0 Å². The normalized spacial score (nSPS) is 11.5. The highest BCUT2D eigenvalue weighted by Gasteiger charge is 2.08. The van der Waals surface area contributed by atoms with E-state index in [1.165, 1.54) is 35.6 Å². The third-order valence-electron chi connectivity index (χ3n) is 2.78. The molecule has 0 amide bonds. The summed E-state index contributed by atoms with van der Waals surface area (Å²) < 4.78 is 1.30. The Balaban J connectivity index is 2.10. The molecule has 1 heterocycles. The summed E-state index contributed by atoms with van der Waals surface area (Å²) in [7, 11) is 0. The molecule has 0 aliphatic heterocycles. The van der Waals surface area contributed by atoms with Crippen molar-refractivity contribution in [1.29, 1.82) is 0 Å². The Labute approximate surface area is 107 Å². The summed E-state index contributed by atoms with van der Waals surface area (Å²) in [6.07, 6.45) is 2.43. The van der Waals surface area contributed by atoms with Crippen molar-refractivity contribution in [3.05, 3.63) is 29.3 Å². The van der Waals surface area contributed by atoms with Gasteiger partial charge in [0.05, 0.1) is 16.8 Å². The van der Waals surface area contributed by atoms with Crippen molar-refractivity contribution in [2.24, 2.45) is 0 Å². The summed E-state index contributed by atoms with van der Waals surface area (Å²) in [6.45, 7) is 7.82. The van der Waals surface area contributed by atoms with Crippen molar-refractivity contribution in [3.63, 3.8) is 0 Å². The molecule has 2 rings (SSSR count). The van der Waals surface area contributed by atoms with E-state index >= 15 is 0 Å². The number of benzene rings is 1. The molecular formula is C14H20N2S. The van der Waals surface area contributed by atoms with E-state index in [1.54, 1.807) is 0 Å². The number of thiazole rings is 1. The molecule has 1 aromatic carbocycles. The maximum atomic E-state index is 4.69. The summed E-state index contributed by atoms with van der Waals surface area (Å²) in [5.74, 6) is 0. The number of rotatable bonds is 6. The highest BCUT2D eigenvalue weighted by molar-refractivity contribution is 7.18. The van der Waals surface area contributed by atoms with Crippen LogP contribution in [0.3, 0.4) is 0 Å². The minimum atomic E-state index is 1.00. The molecule has 0 aliphatic carbocycles. The minimum absolute atomic E-state index is 1.00. The summed E-state index contributed by atoms with van der Waals surface area (Å²) in [5.41, 5.74) is 1.14. The SMILES string of the molecule is CCCN(CCC)Cc1nc2ccccc2s1. The molecule has 0 spiro atoms. The second-order valence-corrected chi connectivity index (χ2v) is 5.47. The van der Waals surface area contributed by atoms with Gasteiger partial charge in [-0.25, -0.2) is 4.98 Å². The molecule has 0 N–H and O–H groups in total. The molecule has 0 fully saturated rings. The zero-order valence-electron chi connectivity index (χ0n) is 10.6. The predicted molar refractivity (Wildman–Crippen MR) is 75.5 cm³/mol. The fourth-order valence-electron chi connectivity index (χ4n) is 2.08. The van der Waals surface area contributed by atoms with Crippen LogP contribution in [0.5, 0.6) is 0 Å². The van der Waals surface area contributed by atoms with Gasteiger partial charge in [0.2, 0.25) is 0 Å². The van der Waals surface area contributed by atoms with Gasteiger partial charge in [-0.05, 0) is 38.1 Å². The van der Waals surface area contributed by atoms with Crippen LogP contribution in [-0.2, 0) is 6.54 Å². The van der Waals surface area contributed by atoms with E-state index in [4.69, 9.17) is 4.98 Å². The van der Waals surface area contributed by atoms with E-state index < -0.39 is 0 Å². The topological polar surface area (TPSA) is 16.1 Å². The van der Waals surface area contributed by atoms with Gasteiger partial charge in [0.15, 0.2) is 0 Å². The third kappa shape index (κ3) is 3.27. The molecule has 1 aromatic heterocycles. The van der Waals surface area contributed by atoms with Gasteiger partial charge in [-0.3, -0.25) is 4.90 Å². The Morgan fingerprint density at radius 1 is 1.12 bits per heavy atom. The average molecular weight is 248 g/mol. The molecule has 0 bridgehead atoms. The lowest BCUT2D eigenvalue weighted by atomic mass is 10.3. The fourth-order valence-corrected chi connectivity index (χ4v) is 3.09.